The third-order valence-corrected chi connectivity index (χ3v) is 6.44. The van der Waals surface area contributed by atoms with Gasteiger partial charge in [0.15, 0.2) is 5.69 Å². The third-order valence-electron chi connectivity index (χ3n) is 4.73. The van der Waals surface area contributed by atoms with E-state index >= 15 is 0 Å². The van der Waals surface area contributed by atoms with Crippen molar-refractivity contribution in [2.75, 3.05) is 18.5 Å². The molecule has 2 N–H and O–H groups in total. The Labute approximate surface area is 159 Å². The van der Waals surface area contributed by atoms with Gasteiger partial charge in [-0.2, -0.15) is 0 Å². The molecular formula is C17H20N4O3S2. The Kier molecular flexibility index (Phi) is 5.28. The van der Waals surface area contributed by atoms with Gasteiger partial charge in [-0.25, -0.2) is 0 Å². The molecule has 1 aliphatic carbocycles. The molecule has 1 fully saturated rings. The fraction of sp³-hybridized carbons (Fsp3) is 0.529. The van der Waals surface area contributed by atoms with Crippen LogP contribution in [0.15, 0.2) is 5.38 Å². The molecule has 7 nitrogen and oxygen atoms in total. The molecule has 2 aliphatic rings. The van der Waals surface area contributed by atoms with E-state index in [1.165, 1.54) is 16.2 Å². The third kappa shape index (κ3) is 3.65. The van der Waals surface area contributed by atoms with Gasteiger partial charge in [-0.15, -0.1) is 16.4 Å². The van der Waals surface area contributed by atoms with Crippen molar-refractivity contribution in [3.05, 3.63) is 27.1 Å². The Morgan fingerprint density at radius 1 is 1.23 bits per heavy atom. The van der Waals surface area contributed by atoms with Crippen LogP contribution in [0.3, 0.4) is 0 Å². The largest absolute Gasteiger partial charge is 0.376 e. The van der Waals surface area contributed by atoms with Gasteiger partial charge in [0.2, 0.25) is 0 Å². The molecule has 2 aromatic heterocycles. The van der Waals surface area contributed by atoms with E-state index in [9.17, 15) is 9.59 Å². The van der Waals surface area contributed by atoms with Crippen LogP contribution < -0.4 is 10.6 Å². The number of ether oxygens (including phenoxy) is 1. The van der Waals surface area contributed by atoms with Gasteiger partial charge in [-0.1, -0.05) is 4.49 Å². The zero-order chi connectivity index (χ0) is 17.9. The number of nitrogens with one attached hydrogen (secondary N) is 2. The van der Waals surface area contributed by atoms with E-state index in [-0.39, 0.29) is 23.6 Å². The maximum atomic E-state index is 12.9. The standard InChI is InChI=1S/C17H20N4O3S2/c22-15(12-9-25-21-20-12)19-17-14(11-5-1-2-6-13(11)26-17)16(23)18-8-10-4-3-7-24-10/h9-10H,1-8H2,(H,18,23)(H,19,22)/t10-/m1/s1. The molecule has 0 radical (unpaired) electrons. The van der Waals surface area contributed by atoms with E-state index in [0.29, 0.717) is 17.1 Å². The van der Waals surface area contributed by atoms with Gasteiger partial charge in [0.25, 0.3) is 11.8 Å². The number of thiophene rings is 1. The maximum Gasteiger partial charge on any atom is 0.277 e. The van der Waals surface area contributed by atoms with Gasteiger partial charge in [-0.3, -0.25) is 9.59 Å². The number of aryl methyl sites for hydroxylation is 1. The molecule has 3 heterocycles. The van der Waals surface area contributed by atoms with Crippen LogP contribution >= 0.6 is 22.9 Å². The minimum absolute atomic E-state index is 0.0903. The van der Waals surface area contributed by atoms with Crippen LogP contribution in [0.4, 0.5) is 5.00 Å². The van der Waals surface area contributed by atoms with Gasteiger partial charge >= 0.3 is 0 Å². The molecule has 0 saturated carbocycles. The average molecular weight is 393 g/mol. The summed E-state index contributed by atoms with van der Waals surface area (Å²) >= 11 is 2.63. The lowest BCUT2D eigenvalue weighted by Gasteiger charge is -2.15. The highest BCUT2D eigenvalue weighted by Crippen LogP contribution is 2.38. The lowest BCUT2D eigenvalue weighted by atomic mass is 9.95. The van der Waals surface area contributed by atoms with Crippen LogP contribution in [0.2, 0.25) is 0 Å². The van der Waals surface area contributed by atoms with E-state index in [2.05, 4.69) is 20.2 Å². The van der Waals surface area contributed by atoms with Gasteiger partial charge in [0.05, 0.1) is 11.7 Å². The number of hydrogen-bond donors (Lipinski definition) is 2. The summed E-state index contributed by atoms with van der Waals surface area (Å²) in [5.41, 5.74) is 1.96. The molecule has 1 aliphatic heterocycles. The average Bonchev–Trinajstić information content (AvgIpc) is 3.39. The number of hydrogen-bond acceptors (Lipinski definition) is 7. The number of rotatable bonds is 5. The van der Waals surface area contributed by atoms with Crippen molar-refractivity contribution in [2.24, 2.45) is 0 Å². The zero-order valence-electron chi connectivity index (χ0n) is 14.2. The topological polar surface area (TPSA) is 93.2 Å². The van der Waals surface area contributed by atoms with Gasteiger partial charge in [0, 0.05) is 23.4 Å². The first-order valence-corrected chi connectivity index (χ1v) is 10.5. The maximum absolute atomic E-state index is 12.9. The highest BCUT2D eigenvalue weighted by molar-refractivity contribution is 7.17. The molecule has 0 aromatic carbocycles. The summed E-state index contributed by atoms with van der Waals surface area (Å²) in [6.07, 6.45) is 6.13. The van der Waals surface area contributed by atoms with Crippen LogP contribution in [0.25, 0.3) is 0 Å². The van der Waals surface area contributed by atoms with E-state index in [1.807, 2.05) is 0 Å². The first-order valence-electron chi connectivity index (χ1n) is 8.85. The molecule has 0 bridgehead atoms. The van der Waals surface area contributed by atoms with Crippen molar-refractivity contribution in [1.29, 1.82) is 0 Å². The summed E-state index contributed by atoms with van der Waals surface area (Å²) in [4.78, 5) is 26.5. The molecule has 1 atom stereocenters. The van der Waals surface area contributed by atoms with Crippen molar-refractivity contribution >= 4 is 39.7 Å². The van der Waals surface area contributed by atoms with E-state index < -0.39 is 0 Å². The Balaban J connectivity index is 1.55. The molecule has 4 rings (SSSR count). The number of aromatic nitrogens is 2. The minimum Gasteiger partial charge on any atom is -0.376 e. The second-order valence-electron chi connectivity index (χ2n) is 6.50. The predicted molar refractivity (Wildman–Crippen MR) is 100 cm³/mol. The van der Waals surface area contributed by atoms with E-state index in [1.54, 1.807) is 5.38 Å². The second-order valence-corrected chi connectivity index (χ2v) is 8.22. The highest BCUT2D eigenvalue weighted by Gasteiger charge is 2.27. The summed E-state index contributed by atoms with van der Waals surface area (Å²) in [6.45, 7) is 1.27. The normalized spacial score (nSPS) is 19.2. The van der Waals surface area contributed by atoms with E-state index in [0.717, 1.165) is 62.2 Å². The molecule has 9 heteroatoms. The Morgan fingerprint density at radius 3 is 2.88 bits per heavy atom. The number of carbonyl (C=O) groups excluding carboxylic acids is 2. The van der Waals surface area contributed by atoms with Gasteiger partial charge in [-0.05, 0) is 55.6 Å². The smallest absolute Gasteiger partial charge is 0.277 e. The molecule has 0 unspecified atom stereocenters. The van der Waals surface area contributed by atoms with Crippen molar-refractivity contribution < 1.29 is 14.3 Å². The molecular weight excluding hydrogens is 372 g/mol. The predicted octanol–water partition coefficient (Wildman–Crippen LogP) is 2.64. The fourth-order valence-electron chi connectivity index (χ4n) is 3.43. The quantitative estimate of drug-likeness (QED) is 0.816. The fourth-order valence-corrected chi connectivity index (χ4v) is 5.14. The van der Waals surface area contributed by atoms with Crippen LogP contribution in [0, 0.1) is 0 Å². The van der Waals surface area contributed by atoms with Crippen LogP contribution in [0.1, 0.15) is 57.0 Å². The lowest BCUT2D eigenvalue weighted by Crippen LogP contribution is -2.32. The lowest BCUT2D eigenvalue weighted by molar-refractivity contribution is 0.0858. The number of anilines is 1. The Bertz CT molecular complexity index is 797. The SMILES string of the molecule is O=C(Nc1sc2c(c1C(=O)NC[C@H]1CCCO1)CCCC2)c1csnn1. The molecule has 2 amide bonds. The first-order chi connectivity index (χ1) is 12.7. The number of fused-ring (bicyclic) bond motifs is 1. The first kappa shape index (κ1) is 17.6. The van der Waals surface area contributed by atoms with Crippen molar-refractivity contribution in [3.8, 4) is 0 Å². The van der Waals surface area contributed by atoms with E-state index in [4.69, 9.17) is 4.74 Å². The summed E-state index contributed by atoms with van der Waals surface area (Å²) < 4.78 is 9.30. The number of carbonyl (C=O) groups is 2. The molecule has 1 saturated heterocycles. The van der Waals surface area contributed by atoms with Gasteiger partial charge in [0.1, 0.15) is 5.00 Å². The summed E-state index contributed by atoms with van der Waals surface area (Å²) in [5.74, 6) is -0.461. The van der Waals surface area contributed by atoms with Gasteiger partial charge < -0.3 is 15.4 Å². The summed E-state index contributed by atoms with van der Waals surface area (Å²) in [7, 11) is 0. The Hall–Kier alpha value is -1.84. The monoisotopic (exact) mass is 392 g/mol. The Morgan fingerprint density at radius 2 is 2.12 bits per heavy atom. The second kappa shape index (κ2) is 7.81. The highest BCUT2D eigenvalue weighted by atomic mass is 32.1. The molecule has 26 heavy (non-hydrogen) atoms. The summed E-state index contributed by atoms with van der Waals surface area (Å²) in [6, 6.07) is 0. The minimum atomic E-state index is -0.328. The molecule has 138 valence electrons. The van der Waals surface area contributed by atoms with Crippen molar-refractivity contribution in [3.63, 3.8) is 0 Å². The van der Waals surface area contributed by atoms with Crippen LogP contribution in [0.5, 0.6) is 0 Å². The number of amides is 2. The van der Waals surface area contributed by atoms with Crippen LogP contribution in [-0.2, 0) is 17.6 Å². The van der Waals surface area contributed by atoms with Crippen molar-refractivity contribution in [1.82, 2.24) is 14.9 Å². The zero-order valence-corrected chi connectivity index (χ0v) is 15.9. The van der Waals surface area contributed by atoms with Crippen LogP contribution in [-0.4, -0.2) is 40.7 Å². The number of nitrogens with zero attached hydrogens (tertiary/aromatic N) is 2. The molecule has 0 spiro atoms. The van der Waals surface area contributed by atoms with Crippen molar-refractivity contribution in [2.45, 2.75) is 44.6 Å². The summed E-state index contributed by atoms with van der Waals surface area (Å²) in [5, 5.41) is 11.9. The molecule has 2 aromatic rings.